The summed E-state index contributed by atoms with van der Waals surface area (Å²) < 4.78 is 12.9. The molecule has 5 nitrogen and oxygen atoms in total. The molecule has 2 atom stereocenters. The predicted molar refractivity (Wildman–Crippen MR) is 99.9 cm³/mol. The predicted octanol–water partition coefficient (Wildman–Crippen LogP) is 2.87. The lowest BCUT2D eigenvalue weighted by molar-refractivity contribution is -0.147. The first kappa shape index (κ1) is 19.6. The fourth-order valence-corrected chi connectivity index (χ4v) is 3.83. The molecule has 0 aromatic heterocycles. The van der Waals surface area contributed by atoms with E-state index in [4.69, 9.17) is 23.2 Å². The van der Waals surface area contributed by atoms with E-state index in [1.165, 1.54) is 36.2 Å². The molecular weight excluding hydrogens is 394 g/mol. The van der Waals surface area contributed by atoms with E-state index in [9.17, 15) is 19.1 Å². The number of benzene rings is 2. The minimum atomic E-state index is -0.894. The summed E-state index contributed by atoms with van der Waals surface area (Å²) in [5, 5.41) is 13.7. The normalized spacial score (nSPS) is 18.1. The number of fused-ring (bicyclic) bond motifs is 1. The Hall–Kier alpha value is -2.15. The van der Waals surface area contributed by atoms with Gasteiger partial charge in [0, 0.05) is 30.1 Å². The van der Waals surface area contributed by atoms with Crippen molar-refractivity contribution in [1.29, 1.82) is 0 Å². The van der Waals surface area contributed by atoms with Gasteiger partial charge in [-0.05, 0) is 41.0 Å². The first-order chi connectivity index (χ1) is 12.8. The van der Waals surface area contributed by atoms with E-state index in [0.717, 1.165) is 0 Å². The van der Waals surface area contributed by atoms with Crippen LogP contribution >= 0.6 is 23.2 Å². The number of nitrogens with zero attached hydrogens (tertiary/aromatic N) is 1. The van der Waals surface area contributed by atoms with E-state index in [0.29, 0.717) is 26.7 Å². The molecule has 8 heteroatoms. The number of nitrogens with one attached hydrogen (secondary N) is 1. The summed E-state index contributed by atoms with van der Waals surface area (Å²) in [5.74, 6) is -2.01. The van der Waals surface area contributed by atoms with Gasteiger partial charge in [0.05, 0.1) is 12.1 Å². The number of hydrogen-bond acceptors (Lipinski definition) is 3. The van der Waals surface area contributed by atoms with Crippen LogP contribution in [0.2, 0.25) is 10.0 Å². The smallest absolute Gasteiger partial charge is 0.312 e. The van der Waals surface area contributed by atoms with Crippen LogP contribution in [-0.4, -0.2) is 35.0 Å². The Balaban J connectivity index is 1.72. The summed E-state index contributed by atoms with van der Waals surface area (Å²) in [6.45, 7) is 0.0835. The van der Waals surface area contributed by atoms with Crippen LogP contribution in [0.15, 0.2) is 36.4 Å². The number of aliphatic hydroxyl groups excluding tert-OH is 1. The van der Waals surface area contributed by atoms with Crippen LogP contribution in [-0.2, 0) is 22.6 Å². The van der Waals surface area contributed by atoms with Crippen LogP contribution in [0.4, 0.5) is 4.39 Å². The first-order valence-electron chi connectivity index (χ1n) is 8.23. The monoisotopic (exact) mass is 410 g/mol. The van der Waals surface area contributed by atoms with Crippen molar-refractivity contribution in [3.05, 3.63) is 69.0 Å². The van der Waals surface area contributed by atoms with E-state index < -0.39 is 24.0 Å². The van der Waals surface area contributed by atoms with E-state index in [1.807, 2.05) is 0 Å². The highest BCUT2D eigenvalue weighted by Crippen LogP contribution is 2.40. The third kappa shape index (κ3) is 4.08. The zero-order valence-corrected chi connectivity index (χ0v) is 15.9. The largest absolute Gasteiger partial charge is 0.390 e. The maximum absolute atomic E-state index is 12.9. The molecule has 1 aliphatic carbocycles. The lowest BCUT2D eigenvalue weighted by Crippen LogP contribution is -2.44. The molecule has 0 spiro atoms. The molecule has 0 saturated carbocycles. The Morgan fingerprint density at radius 2 is 1.93 bits per heavy atom. The summed E-state index contributed by atoms with van der Waals surface area (Å²) in [5.41, 5.74) is 2.00. The number of aliphatic hydroxyl groups is 1. The topological polar surface area (TPSA) is 69.6 Å². The number of likely N-dealkylation sites (N-methyl/N-ethyl adjacent to an activating group) is 1. The molecular formula is C19H17Cl2FN2O3. The number of hydrogen-bond donors (Lipinski definition) is 2. The van der Waals surface area contributed by atoms with Crippen molar-refractivity contribution in [3.8, 4) is 0 Å². The number of halogens is 3. The Morgan fingerprint density at radius 1 is 1.26 bits per heavy atom. The third-order valence-corrected chi connectivity index (χ3v) is 5.14. The third-order valence-electron chi connectivity index (χ3n) is 4.59. The zero-order chi connectivity index (χ0) is 19.7. The zero-order valence-electron chi connectivity index (χ0n) is 14.4. The summed E-state index contributed by atoms with van der Waals surface area (Å²) >= 11 is 12.2. The summed E-state index contributed by atoms with van der Waals surface area (Å²) in [4.78, 5) is 25.9. The molecule has 1 aliphatic rings. The molecule has 2 amide bonds. The average molecular weight is 411 g/mol. The molecule has 0 heterocycles. The highest BCUT2D eigenvalue weighted by molar-refractivity contribution is 6.36. The van der Waals surface area contributed by atoms with Gasteiger partial charge >= 0.3 is 11.8 Å². The first-order valence-corrected chi connectivity index (χ1v) is 8.99. The molecule has 3 rings (SSSR count). The molecule has 2 aromatic rings. The van der Waals surface area contributed by atoms with E-state index in [1.54, 1.807) is 12.1 Å². The Morgan fingerprint density at radius 3 is 2.59 bits per heavy atom. The highest BCUT2D eigenvalue weighted by Gasteiger charge is 2.39. The van der Waals surface area contributed by atoms with E-state index in [2.05, 4.69) is 5.32 Å². The molecule has 142 valence electrons. The van der Waals surface area contributed by atoms with Gasteiger partial charge in [-0.3, -0.25) is 9.59 Å². The van der Waals surface area contributed by atoms with Crippen LogP contribution in [0.25, 0.3) is 0 Å². The lowest BCUT2D eigenvalue weighted by Gasteiger charge is -2.27. The summed E-state index contributed by atoms with van der Waals surface area (Å²) in [6, 6.07) is 8.08. The van der Waals surface area contributed by atoms with Crippen LogP contribution in [0.3, 0.4) is 0 Å². The number of rotatable bonds is 3. The Bertz CT molecular complexity index is 889. The molecule has 0 fully saturated rings. The number of carbonyl (C=O) groups is 2. The minimum absolute atomic E-state index is 0.0835. The van der Waals surface area contributed by atoms with Gasteiger partial charge in [-0.25, -0.2) is 4.39 Å². The SMILES string of the molecule is CN(C(=O)C(=O)NCc1ccc(F)cc1)C1c2cc(Cl)cc(Cl)c2CC1O. The molecule has 0 bridgehead atoms. The van der Waals surface area contributed by atoms with Crippen molar-refractivity contribution in [3.63, 3.8) is 0 Å². The lowest BCUT2D eigenvalue weighted by atomic mass is 10.1. The second-order valence-corrected chi connectivity index (χ2v) is 7.24. The second kappa shape index (κ2) is 7.84. The van der Waals surface area contributed by atoms with Gasteiger partial charge in [0.2, 0.25) is 0 Å². The van der Waals surface area contributed by atoms with Crippen molar-refractivity contribution < 1.29 is 19.1 Å². The standard InChI is InChI=1S/C19H17Cl2FN2O3/c1-24(17-14-6-11(20)7-15(21)13(14)8-16(17)25)19(27)18(26)23-9-10-2-4-12(22)5-3-10/h2-7,16-17,25H,8-9H2,1H3,(H,23,26). The average Bonchev–Trinajstić information content (AvgIpc) is 2.96. The van der Waals surface area contributed by atoms with Crippen molar-refractivity contribution in [1.82, 2.24) is 10.2 Å². The van der Waals surface area contributed by atoms with Gasteiger partial charge in [-0.2, -0.15) is 0 Å². The quantitative estimate of drug-likeness (QED) is 0.764. The Labute approximate surface area is 165 Å². The molecule has 0 radical (unpaired) electrons. The van der Waals surface area contributed by atoms with Crippen LogP contribution in [0, 0.1) is 5.82 Å². The van der Waals surface area contributed by atoms with Crippen LogP contribution in [0.5, 0.6) is 0 Å². The van der Waals surface area contributed by atoms with Crippen molar-refractivity contribution in [2.45, 2.75) is 25.1 Å². The second-order valence-electron chi connectivity index (χ2n) is 6.40. The van der Waals surface area contributed by atoms with Gasteiger partial charge < -0.3 is 15.3 Å². The van der Waals surface area contributed by atoms with Crippen LogP contribution in [0.1, 0.15) is 22.7 Å². The summed E-state index contributed by atoms with van der Waals surface area (Å²) in [6.07, 6.45) is -0.625. The molecule has 2 unspecified atom stereocenters. The molecule has 0 aliphatic heterocycles. The van der Waals surface area contributed by atoms with Crippen molar-refractivity contribution >= 4 is 35.0 Å². The van der Waals surface area contributed by atoms with Gasteiger partial charge in [-0.1, -0.05) is 35.3 Å². The highest BCUT2D eigenvalue weighted by atomic mass is 35.5. The fourth-order valence-electron chi connectivity index (χ4n) is 3.24. The van der Waals surface area contributed by atoms with Gasteiger partial charge in [0.1, 0.15) is 5.82 Å². The van der Waals surface area contributed by atoms with Gasteiger partial charge in [0.15, 0.2) is 0 Å². The maximum Gasteiger partial charge on any atom is 0.312 e. The number of amides is 2. The maximum atomic E-state index is 12.9. The molecule has 0 saturated heterocycles. The summed E-state index contributed by atoms with van der Waals surface area (Å²) in [7, 11) is 1.44. The van der Waals surface area contributed by atoms with E-state index >= 15 is 0 Å². The Kier molecular flexibility index (Phi) is 5.69. The fraction of sp³-hybridized carbons (Fsp3) is 0.263. The van der Waals surface area contributed by atoms with Crippen molar-refractivity contribution in [2.75, 3.05) is 7.05 Å². The van der Waals surface area contributed by atoms with Gasteiger partial charge in [-0.15, -0.1) is 0 Å². The molecule has 27 heavy (non-hydrogen) atoms. The molecule has 2 aromatic carbocycles. The van der Waals surface area contributed by atoms with E-state index in [-0.39, 0.29) is 18.8 Å². The van der Waals surface area contributed by atoms with Gasteiger partial charge in [0.25, 0.3) is 0 Å². The van der Waals surface area contributed by atoms with Crippen LogP contribution < -0.4 is 5.32 Å². The molecule has 2 N–H and O–H groups in total. The number of carbonyl (C=O) groups excluding carboxylic acids is 2. The minimum Gasteiger partial charge on any atom is -0.390 e. The van der Waals surface area contributed by atoms with Crippen molar-refractivity contribution in [2.24, 2.45) is 0 Å².